The summed E-state index contributed by atoms with van der Waals surface area (Å²) in [7, 11) is 0. The Labute approximate surface area is 137 Å². The van der Waals surface area contributed by atoms with Gasteiger partial charge >= 0.3 is 0 Å². The molecule has 0 saturated carbocycles. The molecule has 3 aromatic rings. The number of hydrogen-bond donors (Lipinski definition) is 1. The Balaban J connectivity index is 2.00. The first-order valence-corrected chi connectivity index (χ1v) is 8.04. The average molecular weight is 359 g/mol. The van der Waals surface area contributed by atoms with Crippen molar-refractivity contribution in [2.75, 3.05) is 0 Å². The summed E-state index contributed by atoms with van der Waals surface area (Å²) in [5.41, 5.74) is 4.57. The van der Waals surface area contributed by atoms with Crippen LogP contribution in [0.5, 0.6) is 0 Å². The predicted octanol–water partition coefficient (Wildman–Crippen LogP) is 5.53. The summed E-state index contributed by atoms with van der Waals surface area (Å²) >= 11 is 8.88. The van der Waals surface area contributed by atoms with Gasteiger partial charge < -0.3 is 4.98 Å². The molecule has 0 aliphatic rings. The van der Waals surface area contributed by atoms with E-state index in [0.717, 1.165) is 27.8 Å². The van der Waals surface area contributed by atoms with Crippen molar-refractivity contribution in [1.29, 1.82) is 0 Å². The number of aryl methyl sites for hydroxylation is 1. The third kappa shape index (κ3) is 3.01. The van der Waals surface area contributed by atoms with Gasteiger partial charge in [-0.3, -0.25) is 4.57 Å². The topological polar surface area (TPSA) is 20.7 Å². The van der Waals surface area contributed by atoms with E-state index in [1.54, 1.807) is 0 Å². The lowest BCUT2D eigenvalue weighted by molar-refractivity contribution is 1.03. The molecule has 1 N–H and O–H groups in total. The molecule has 2 aromatic carbocycles. The Hall–Kier alpha value is -1.65. The molecule has 0 saturated heterocycles. The number of rotatable bonds is 3. The molecule has 0 aliphatic carbocycles. The molecule has 4 heteroatoms. The maximum absolute atomic E-state index is 5.43. The van der Waals surface area contributed by atoms with Crippen molar-refractivity contribution < 1.29 is 0 Å². The number of aromatic amines is 1. The van der Waals surface area contributed by atoms with Gasteiger partial charge in [-0.2, -0.15) is 0 Å². The molecule has 0 radical (unpaired) electrons. The molecule has 1 heterocycles. The van der Waals surface area contributed by atoms with Crippen molar-refractivity contribution in [1.82, 2.24) is 9.55 Å². The SMILES string of the molecule is CCc1ccc(-c2cn(-c3ccc(Br)cc3)c(=S)[nH]2)cc1. The fraction of sp³-hybridized carbons (Fsp3) is 0.118. The van der Waals surface area contributed by atoms with Crippen LogP contribution >= 0.6 is 28.1 Å². The maximum atomic E-state index is 5.43. The minimum Gasteiger partial charge on any atom is -0.330 e. The Morgan fingerprint density at radius 2 is 1.71 bits per heavy atom. The van der Waals surface area contributed by atoms with Gasteiger partial charge in [0.25, 0.3) is 0 Å². The van der Waals surface area contributed by atoms with Gasteiger partial charge in [-0.15, -0.1) is 0 Å². The summed E-state index contributed by atoms with van der Waals surface area (Å²) in [6, 6.07) is 16.7. The number of nitrogens with one attached hydrogen (secondary N) is 1. The largest absolute Gasteiger partial charge is 0.330 e. The van der Waals surface area contributed by atoms with Gasteiger partial charge in [0.1, 0.15) is 0 Å². The van der Waals surface area contributed by atoms with E-state index in [1.165, 1.54) is 5.56 Å². The molecule has 0 atom stereocenters. The first kappa shape index (κ1) is 14.3. The van der Waals surface area contributed by atoms with Gasteiger partial charge in [0.2, 0.25) is 0 Å². The molecule has 1 aromatic heterocycles. The van der Waals surface area contributed by atoms with E-state index >= 15 is 0 Å². The first-order valence-electron chi connectivity index (χ1n) is 6.84. The molecule has 3 rings (SSSR count). The van der Waals surface area contributed by atoms with Crippen molar-refractivity contribution in [3.05, 3.63) is 69.5 Å². The van der Waals surface area contributed by atoms with Crippen LogP contribution in [0, 0.1) is 4.77 Å². The van der Waals surface area contributed by atoms with Crippen LogP contribution in [0.2, 0.25) is 0 Å². The molecule has 0 aliphatic heterocycles. The smallest absolute Gasteiger partial charge is 0.182 e. The molecule has 0 fully saturated rings. The second-order valence-corrected chi connectivity index (χ2v) is 6.17. The highest BCUT2D eigenvalue weighted by atomic mass is 79.9. The minimum atomic E-state index is 0.701. The van der Waals surface area contributed by atoms with E-state index in [9.17, 15) is 0 Å². The fourth-order valence-corrected chi connectivity index (χ4v) is 2.79. The Morgan fingerprint density at radius 1 is 1.05 bits per heavy atom. The van der Waals surface area contributed by atoms with Crippen LogP contribution in [-0.2, 0) is 6.42 Å². The molecule has 0 bridgehead atoms. The highest BCUT2D eigenvalue weighted by Crippen LogP contribution is 2.21. The zero-order valence-corrected chi connectivity index (χ0v) is 14.0. The van der Waals surface area contributed by atoms with Crippen LogP contribution < -0.4 is 0 Å². The highest BCUT2D eigenvalue weighted by Gasteiger charge is 2.05. The first-order chi connectivity index (χ1) is 10.2. The number of benzene rings is 2. The number of hydrogen-bond acceptors (Lipinski definition) is 1. The predicted molar refractivity (Wildman–Crippen MR) is 93.5 cm³/mol. The monoisotopic (exact) mass is 358 g/mol. The van der Waals surface area contributed by atoms with Crippen molar-refractivity contribution in [3.8, 4) is 16.9 Å². The van der Waals surface area contributed by atoms with E-state index in [0.29, 0.717) is 4.77 Å². The van der Waals surface area contributed by atoms with Crippen LogP contribution in [-0.4, -0.2) is 9.55 Å². The summed E-state index contributed by atoms with van der Waals surface area (Å²) in [6.07, 6.45) is 3.10. The zero-order chi connectivity index (χ0) is 14.8. The summed E-state index contributed by atoms with van der Waals surface area (Å²) in [4.78, 5) is 3.28. The van der Waals surface area contributed by atoms with E-state index in [1.807, 2.05) is 35.0 Å². The van der Waals surface area contributed by atoms with Crippen LogP contribution in [0.1, 0.15) is 12.5 Å². The van der Waals surface area contributed by atoms with Gasteiger partial charge in [0.05, 0.1) is 5.69 Å². The van der Waals surface area contributed by atoms with E-state index in [4.69, 9.17) is 12.2 Å². The normalized spacial score (nSPS) is 10.8. The van der Waals surface area contributed by atoms with E-state index in [2.05, 4.69) is 52.1 Å². The van der Waals surface area contributed by atoms with Gasteiger partial charge in [-0.25, -0.2) is 0 Å². The summed E-state index contributed by atoms with van der Waals surface area (Å²) < 4.78 is 3.75. The van der Waals surface area contributed by atoms with Crippen LogP contribution in [0.15, 0.2) is 59.2 Å². The number of imidazole rings is 1. The summed E-state index contributed by atoms with van der Waals surface area (Å²) in [5, 5.41) is 0. The number of aromatic nitrogens is 2. The molecule has 2 nitrogen and oxygen atoms in total. The Bertz CT molecular complexity index is 798. The lowest BCUT2D eigenvalue weighted by Gasteiger charge is -2.02. The van der Waals surface area contributed by atoms with E-state index in [-0.39, 0.29) is 0 Å². The quantitative estimate of drug-likeness (QED) is 0.610. The highest BCUT2D eigenvalue weighted by molar-refractivity contribution is 9.10. The summed E-state index contributed by atoms with van der Waals surface area (Å²) in [5.74, 6) is 0. The fourth-order valence-electron chi connectivity index (χ4n) is 2.26. The number of halogens is 1. The third-order valence-electron chi connectivity index (χ3n) is 3.50. The van der Waals surface area contributed by atoms with Crippen molar-refractivity contribution in [2.45, 2.75) is 13.3 Å². The van der Waals surface area contributed by atoms with E-state index < -0.39 is 0 Å². The van der Waals surface area contributed by atoms with Crippen molar-refractivity contribution in [3.63, 3.8) is 0 Å². The van der Waals surface area contributed by atoms with Crippen LogP contribution in [0.3, 0.4) is 0 Å². The van der Waals surface area contributed by atoms with Crippen molar-refractivity contribution >= 4 is 28.1 Å². The molecular weight excluding hydrogens is 344 g/mol. The second kappa shape index (κ2) is 6.00. The molecular formula is C17H15BrN2S. The Kier molecular flexibility index (Phi) is 4.08. The third-order valence-corrected chi connectivity index (χ3v) is 4.32. The maximum Gasteiger partial charge on any atom is 0.182 e. The number of nitrogens with zero attached hydrogens (tertiary/aromatic N) is 1. The van der Waals surface area contributed by atoms with Gasteiger partial charge in [-0.1, -0.05) is 47.1 Å². The summed E-state index contributed by atoms with van der Waals surface area (Å²) in [6.45, 7) is 2.16. The lowest BCUT2D eigenvalue weighted by Crippen LogP contribution is -1.90. The van der Waals surface area contributed by atoms with Crippen LogP contribution in [0.4, 0.5) is 0 Å². The van der Waals surface area contributed by atoms with Crippen LogP contribution in [0.25, 0.3) is 16.9 Å². The average Bonchev–Trinajstić information content (AvgIpc) is 2.90. The van der Waals surface area contributed by atoms with Gasteiger partial charge in [0.15, 0.2) is 4.77 Å². The molecule has 0 amide bonds. The lowest BCUT2D eigenvalue weighted by atomic mass is 10.1. The molecule has 21 heavy (non-hydrogen) atoms. The van der Waals surface area contributed by atoms with Crippen molar-refractivity contribution in [2.24, 2.45) is 0 Å². The van der Waals surface area contributed by atoms with Gasteiger partial charge in [-0.05, 0) is 54.0 Å². The Morgan fingerprint density at radius 3 is 2.33 bits per heavy atom. The second-order valence-electron chi connectivity index (χ2n) is 4.87. The number of H-pyrrole nitrogens is 1. The zero-order valence-electron chi connectivity index (χ0n) is 11.6. The molecule has 0 spiro atoms. The standard InChI is InChI=1S/C17H15BrN2S/c1-2-12-3-5-13(6-4-12)16-11-20(17(21)19-16)15-9-7-14(18)8-10-15/h3-11H,2H2,1H3,(H,19,21). The minimum absolute atomic E-state index is 0.701. The molecule has 106 valence electrons. The molecule has 0 unspecified atom stereocenters. The van der Waals surface area contributed by atoms with Gasteiger partial charge in [0, 0.05) is 16.4 Å².